The summed E-state index contributed by atoms with van der Waals surface area (Å²) in [7, 11) is 0. The van der Waals surface area contributed by atoms with Crippen molar-refractivity contribution in [3.05, 3.63) is 24.3 Å². The van der Waals surface area contributed by atoms with Crippen LogP contribution in [-0.2, 0) is 4.79 Å². The van der Waals surface area contributed by atoms with Gasteiger partial charge in [0.05, 0.1) is 18.8 Å². The van der Waals surface area contributed by atoms with Crippen molar-refractivity contribution in [1.29, 1.82) is 0 Å². The van der Waals surface area contributed by atoms with Gasteiger partial charge in [0.2, 0.25) is 5.91 Å². The highest BCUT2D eigenvalue weighted by Crippen LogP contribution is 2.16. The number of hydrogen-bond donors (Lipinski definition) is 3. The van der Waals surface area contributed by atoms with E-state index in [4.69, 9.17) is 0 Å². The molecule has 0 spiro atoms. The zero-order chi connectivity index (χ0) is 37.8. The number of aliphatic hydroxyl groups is 2. The molecule has 0 bridgehead atoms. The summed E-state index contributed by atoms with van der Waals surface area (Å²) in [5.41, 5.74) is 0. The predicted molar refractivity (Wildman–Crippen MR) is 230 cm³/mol. The first-order chi connectivity index (χ1) is 25.7. The van der Waals surface area contributed by atoms with Gasteiger partial charge in [-0.1, -0.05) is 244 Å². The summed E-state index contributed by atoms with van der Waals surface area (Å²) in [6.07, 6.45) is 57.3. The number of rotatable bonds is 43. The van der Waals surface area contributed by atoms with Gasteiger partial charge in [0.1, 0.15) is 0 Å². The highest BCUT2D eigenvalue weighted by molar-refractivity contribution is 5.76. The average Bonchev–Trinajstić information content (AvgIpc) is 3.15. The zero-order valence-electron chi connectivity index (χ0n) is 35.3. The number of aliphatic hydroxyl groups excluding tert-OH is 2. The van der Waals surface area contributed by atoms with Crippen LogP contribution in [0.3, 0.4) is 0 Å². The number of carbonyl (C=O) groups excluding carboxylic acids is 1. The van der Waals surface area contributed by atoms with Crippen molar-refractivity contribution in [2.24, 2.45) is 0 Å². The van der Waals surface area contributed by atoms with E-state index in [1.54, 1.807) is 6.08 Å². The van der Waals surface area contributed by atoms with Crippen LogP contribution in [0.1, 0.15) is 258 Å². The first-order valence-corrected chi connectivity index (χ1v) is 23.6. The fourth-order valence-electron chi connectivity index (χ4n) is 7.31. The molecule has 2 unspecified atom stereocenters. The molecule has 3 N–H and O–H groups in total. The van der Waals surface area contributed by atoms with Gasteiger partial charge >= 0.3 is 0 Å². The zero-order valence-corrected chi connectivity index (χ0v) is 35.3. The Balaban J connectivity index is 3.54. The van der Waals surface area contributed by atoms with E-state index in [0.29, 0.717) is 6.42 Å². The molecule has 0 aliphatic heterocycles. The summed E-state index contributed by atoms with van der Waals surface area (Å²) >= 11 is 0. The van der Waals surface area contributed by atoms with Crippen molar-refractivity contribution in [3.63, 3.8) is 0 Å². The molecule has 0 heterocycles. The molecule has 0 rings (SSSR count). The minimum absolute atomic E-state index is 0.0691. The number of allylic oxidation sites excluding steroid dienone is 3. The summed E-state index contributed by atoms with van der Waals surface area (Å²) in [4.78, 5) is 12.4. The first-order valence-electron chi connectivity index (χ1n) is 23.6. The van der Waals surface area contributed by atoms with Crippen LogP contribution >= 0.6 is 0 Å². The first kappa shape index (κ1) is 50.9. The fourth-order valence-corrected chi connectivity index (χ4v) is 7.31. The van der Waals surface area contributed by atoms with Gasteiger partial charge in [0.15, 0.2) is 0 Å². The second-order valence-corrected chi connectivity index (χ2v) is 16.2. The van der Waals surface area contributed by atoms with Gasteiger partial charge in [-0.15, -0.1) is 0 Å². The summed E-state index contributed by atoms with van der Waals surface area (Å²) in [5.74, 6) is -0.0691. The quantitative estimate of drug-likeness (QED) is 0.0432. The van der Waals surface area contributed by atoms with Gasteiger partial charge in [-0.2, -0.15) is 0 Å². The third kappa shape index (κ3) is 40.1. The molecule has 0 aromatic heterocycles. The topological polar surface area (TPSA) is 69.6 Å². The Labute approximate surface area is 326 Å². The molecule has 2 atom stereocenters. The summed E-state index contributed by atoms with van der Waals surface area (Å²) in [5, 5.41) is 23.0. The lowest BCUT2D eigenvalue weighted by molar-refractivity contribution is -0.123. The van der Waals surface area contributed by atoms with Crippen LogP contribution in [0.2, 0.25) is 0 Å². The van der Waals surface area contributed by atoms with E-state index in [-0.39, 0.29) is 12.5 Å². The van der Waals surface area contributed by atoms with Gasteiger partial charge in [-0.3, -0.25) is 4.79 Å². The van der Waals surface area contributed by atoms with Gasteiger partial charge in [0.25, 0.3) is 0 Å². The van der Waals surface area contributed by atoms with Gasteiger partial charge in [-0.25, -0.2) is 0 Å². The Kier molecular flexibility index (Phi) is 43.3. The molecular formula is C48H93NO3. The molecule has 4 nitrogen and oxygen atoms in total. The normalized spacial score (nSPS) is 13.1. The lowest BCUT2D eigenvalue weighted by Crippen LogP contribution is -2.45. The van der Waals surface area contributed by atoms with E-state index in [1.807, 2.05) is 6.08 Å². The summed E-state index contributed by atoms with van der Waals surface area (Å²) in [6, 6.07) is -0.634. The molecule has 0 aromatic rings. The Morgan fingerprint density at radius 3 is 1.12 bits per heavy atom. The lowest BCUT2D eigenvalue weighted by Gasteiger charge is -2.19. The molecule has 1 amide bonds. The third-order valence-electron chi connectivity index (χ3n) is 10.9. The average molecular weight is 732 g/mol. The molecule has 0 fully saturated rings. The molecule has 0 aromatic carbocycles. The molecule has 0 saturated carbocycles. The molecule has 0 saturated heterocycles. The highest BCUT2D eigenvalue weighted by Gasteiger charge is 2.17. The van der Waals surface area contributed by atoms with Crippen molar-refractivity contribution < 1.29 is 15.0 Å². The fraction of sp³-hybridized carbons (Fsp3) is 0.896. The second-order valence-electron chi connectivity index (χ2n) is 16.2. The molecule has 0 aliphatic rings. The summed E-state index contributed by atoms with van der Waals surface area (Å²) < 4.78 is 0. The number of hydrogen-bond acceptors (Lipinski definition) is 3. The van der Waals surface area contributed by atoms with E-state index in [9.17, 15) is 15.0 Å². The van der Waals surface area contributed by atoms with Crippen molar-refractivity contribution >= 4 is 5.91 Å². The predicted octanol–water partition coefficient (Wildman–Crippen LogP) is 14.8. The molecule has 4 heteroatoms. The number of amides is 1. The van der Waals surface area contributed by atoms with E-state index >= 15 is 0 Å². The van der Waals surface area contributed by atoms with Crippen LogP contribution in [0.15, 0.2) is 24.3 Å². The Bertz CT molecular complexity index is 750. The van der Waals surface area contributed by atoms with E-state index < -0.39 is 12.1 Å². The van der Waals surface area contributed by atoms with Crippen molar-refractivity contribution in [3.8, 4) is 0 Å². The molecule has 0 radical (unpaired) electrons. The smallest absolute Gasteiger partial charge is 0.220 e. The third-order valence-corrected chi connectivity index (χ3v) is 10.9. The van der Waals surface area contributed by atoms with Crippen molar-refractivity contribution in [2.45, 2.75) is 270 Å². The van der Waals surface area contributed by atoms with Crippen LogP contribution in [0.4, 0.5) is 0 Å². The minimum atomic E-state index is -0.858. The highest BCUT2D eigenvalue weighted by atomic mass is 16.3. The molecular weight excluding hydrogens is 639 g/mol. The molecule has 0 aliphatic carbocycles. The number of nitrogens with one attached hydrogen (secondary N) is 1. The minimum Gasteiger partial charge on any atom is -0.394 e. The van der Waals surface area contributed by atoms with Crippen LogP contribution in [0, 0.1) is 0 Å². The van der Waals surface area contributed by atoms with Crippen LogP contribution in [0.5, 0.6) is 0 Å². The van der Waals surface area contributed by atoms with E-state index in [2.05, 4.69) is 31.3 Å². The number of unbranched alkanes of at least 4 members (excludes halogenated alkanes) is 34. The van der Waals surface area contributed by atoms with Crippen LogP contribution in [-0.4, -0.2) is 34.9 Å². The standard InChI is InChI=1S/C48H93NO3/c1-3-5-7-9-11-13-15-17-19-21-23-24-25-26-28-30-32-34-36-38-40-42-44-48(52)49-46(45-50)47(51)43-41-39-37-35-33-31-29-27-22-20-18-16-14-12-10-8-6-4-2/h33,35,41,43,46-47,50-51H,3-32,34,36-40,42,44-45H2,1-2H3,(H,49,52)/b35-33+,43-41+. The SMILES string of the molecule is CCCCCCCCCCCCCC/C=C/CC/C=C/C(O)C(CO)NC(=O)CCCCCCCCCCCCCCCCCCCCCCCC. The molecule has 52 heavy (non-hydrogen) atoms. The molecule has 308 valence electrons. The Morgan fingerprint density at radius 2 is 0.750 bits per heavy atom. The summed E-state index contributed by atoms with van der Waals surface area (Å²) in [6.45, 7) is 4.32. The largest absolute Gasteiger partial charge is 0.394 e. The number of carbonyl (C=O) groups is 1. The van der Waals surface area contributed by atoms with Crippen LogP contribution in [0.25, 0.3) is 0 Å². The van der Waals surface area contributed by atoms with Crippen molar-refractivity contribution in [1.82, 2.24) is 5.32 Å². The lowest BCUT2D eigenvalue weighted by atomic mass is 10.0. The maximum atomic E-state index is 12.4. The second kappa shape index (κ2) is 44.3. The Hall–Kier alpha value is -1.13. The maximum Gasteiger partial charge on any atom is 0.220 e. The van der Waals surface area contributed by atoms with E-state index in [1.165, 1.54) is 205 Å². The van der Waals surface area contributed by atoms with Gasteiger partial charge in [0, 0.05) is 6.42 Å². The van der Waals surface area contributed by atoms with Gasteiger partial charge in [-0.05, 0) is 32.1 Å². The Morgan fingerprint density at radius 1 is 0.442 bits per heavy atom. The monoisotopic (exact) mass is 732 g/mol. The van der Waals surface area contributed by atoms with Crippen molar-refractivity contribution in [2.75, 3.05) is 6.61 Å². The van der Waals surface area contributed by atoms with Crippen LogP contribution < -0.4 is 5.32 Å². The maximum absolute atomic E-state index is 12.4. The van der Waals surface area contributed by atoms with E-state index in [0.717, 1.165) is 32.1 Å². The van der Waals surface area contributed by atoms with Gasteiger partial charge < -0.3 is 15.5 Å².